The van der Waals surface area contributed by atoms with Crippen LogP contribution in [0, 0.1) is 5.82 Å². The number of hydrogen-bond acceptors (Lipinski definition) is 3. The highest BCUT2D eigenvalue weighted by atomic mass is 35.5. The Morgan fingerprint density at radius 1 is 0.909 bits per heavy atom. The van der Waals surface area contributed by atoms with Gasteiger partial charge in [-0.25, -0.2) is 4.39 Å². The number of thioether (sulfide) groups is 1. The van der Waals surface area contributed by atoms with Gasteiger partial charge in [0.2, 0.25) is 0 Å². The van der Waals surface area contributed by atoms with Gasteiger partial charge in [0.15, 0.2) is 0 Å². The van der Waals surface area contributed by atoms with Crippen LogP contribution in [0.4, 0.5) is 9.18 Å². The number of fused-ring (bicyclic) bond motifs is 1. The molecular weight excluding hydrogens is 459 g/mol. The van der Waals surface area contributed by atoms with Crippen LogP contribution < -0.4 is 0 Å². The zero-order valence-electron chi connectivity index (χ0n) is 17.4. The second-order valence-electron chi connectivity index (χ2n) is 7.75. The Morgan fingerprint density at radius 2 is 1.70 bits per heavy atom. The molecule has 0 unspecified atom stereocenters. The maximum atomic E-state index is 13.3. The number of amides is 2. The summed E-state index contributed by atoms with van der Waals surface area (Å²) < 4.78 is 15.3. The fourth-order valence-electron chi connectivity index (χ4n) is 3.90. The minimum absolute atomic E-state index is 0.175. The van der Waals surface area contributed by atoms with E-state index in [1.54, 1.807) is 36.4 Å². The fourth-order valence-corrected chi connectivity index (χ4v) is 4.95. The number of halogens is 2. The Morgan fingerprint density at radius 3 is 2.48 bits per heavy atom. The third kappa shape index (κ3) is 4.45. The first-order chi connectivity index (χ1) is 16.0. The van der Waals surface area contributed by atoms with Crippen LogP contribution in [0.2, 0.25) is 5.02 Å². The van der Waals surface area contributed by atoms with E-state index in [1.165, 1.54) is 17.0 Å². The molecule has 0 spiro atoms. The number of aromatic nitrogens is 1. The van der Waals surface area contributed by atoms with Gasteiger partial charge in [0.05, 0.1) is 11.4 Å². The first-order valence-electron chi connectivity index (χ1n) is 10.3. The highest BCUT2D eigenvalue weighted by molar-refractivity contribution is 8.18. The summed E-state index contributed by atoms with van der Waals surface area (Å²) in [6.07, 6.45) is 3.73. The summed E-state index contributed by atoms with van der Waals surface area (Å²) in [4.78, 5) is 27.2. The molecule has 3 aromatic carbocycles. The van der Waals surface area contributed by atoms with Crippen molar-refractivity contribution in [3.63, 3.8) is 0 Å². The average molecular weight is 477 g/mol. The molecular formula is C26H18ClFN2O2S. The van der Waals surface area contributed by atoms with E-state index < -0.39 is 0 Å². The van der Waals surface area contributed by atoms with Crippen molar-refractivity contribution in [3.05, 3.63) is 111 Å². The summed E-state index contributed by atoms with van der Waals surface area (Å²) in [5.74, 6) is -0.592. The molecule has 2 heterocycles. The van der Waals surface area contributed by atoms with Gasteiger partial charge in [-0.3, -0.25) is 14.5 Å². The standard InChI is InChI=1S/C26H18ClFN2O2S/c27-20-5-3-4-18(12-20)15-30-25(31)24(33-26(30)32)13-19-16-29(23-7-2-1-6-22(19)23)14-17-8-10-21(28)11-9-17/h1-13,16H,14-15H2/b24-13-. The van der Waals surface area contributed by atoms with Crippen molar-refractivity contribution in [3.8, 4) is 0 Å². The topological polar surface area (TPSA) is 42.3 Å². The highest BCUT2D eigenvalue weighted by Crippen LogP contribution is 2.35. The van der Waals surface area contributed by atoms with Gasteiger partial charge < -0.3 is 4.57 Å². The molecule has 1 aliphatic rings. The molecule has 2 amide bonds. The van der Waals surface area contributed by atoms with E-state index in [0.29, 0.717) is 16.5 Å². The normalized spacial score (nSPS) is 15.2. The van der Waals surface area contributed by atoms with E-state index >= 15 is 0 Å². The van der Waals surface area contributed by atoms with Gasteiger partial charge in [0.25, 0.3) is 11.1 Å². The molecule has 0 aliphatic carbocycles. The van der Waals surface area contributed by atoms with E-state index in [9.17, 15) is 14.0 Å². The summed E-state index contributed by atoms with van der Waals surface area (Å²) in [5, 5.41) is 1.23. The van der Waals surface area contributed by atoms with E-state index in [4.69, 9.17) is 11.6 Å². The molecule has 4 aromatic rings. The van der Waals surface area contributed by atoms with Crippen molar-refractivity contribution in [2.75, 3.05) is 0 Å². The highest BCUT2D eigenvalue weighted by Gasteiger charge is 2.35. The van der Waals surface area contributed by atoms with E-state index in [2.05, 4.69) is 4.57 Å². The lowest BCUT2D eigenvalue weighted by atomic mass is 10.1. The number of imide groups is 1. The molecule has 0 saturated carbocycles. The van der Waals surface area contributed by atoms with Crippen molar-refractivity contribution < 1.29 is 14.0 Å². The average Bonchev–Trinajstić information content (AvgIpc) is 3.28. The molecule has 5 rings (SSSR count). The van der Waals surface area contributed by atoms with Crippen LogP contribution in [0.5, 0.6) is 0 Å². The number of rotatable bonds is 5. The molecule has 33 heavy (non-hydrogen) atoms. The van der Waals surface area contributed by atoms with Crippen LogP contribution in [0.1, 0.15) is 16.7 Å². The molecule has 1 aromatic heterocycles. The SMILES string of the molecule is O=C1S/C(=C\c2cn(Cc3ccc(F)cc3)c3ccccc23)C(=O)N1Cc1cccc(Cl)c1. The molecule has 1 saturated heterocycles. The van der Waals surface area contributed by atoms with Gasteiger partial charge in [0.1, 0.15) is 5.82 Å². The molecule has 0 N–H and O–H groups in total. The summed E-state index contributed by atoms with van der Waals surface area (Å²) in [6, 6.07) is 21.4. The smallest absolute Gasteiger partial charge is 0.293 e. The van der Waals surface area contributed by atoms with Gasteiger partial charge in [-0.1, -0.05) is 54.1 Å². The molecule has 0 bridgehead atoms. The maximum absolute atomic E-state index is 13.3. The Hall–Kier alpha value is -3.35. The Labute approximate surface area is 199 Å². The van der Waals surface area contributed by atoms with Gasteiger partial charge in [-0.15, -0.1) is 0 Å². The number of benzene rings is 3. The quantitative estimate of drug-likeness (QED) is 0.300. The van der Waals surface area contributed by atoms with Crippen molar-refractivity contribution in [1.29, 1.82) is 0 Å². The number of para-hydroxylation sites is 1. The van der Waals surface area contributed by atoms with Crippen LogP contribution in [0.15, 0.2) is 83.9 Å². The van der Waals surface area contributed by atoms with Crippen molar-refractivity contribution in [2.45, 2.75) is 13.1 Å². The number of carbonyl (C=O) groups excluding carboxylic acids is 2. The van der Waals surface area contributed by atoms with Crippen molar-refractivity contribution in [1.82, 2.24) is 9.47 Å². The van der Waals surface area contributed by atoms with Gasteiger partial charge >= 0.3 is 0 Å². The summed E-state index contributed by atoms with van der Waals surface area (Å²) in [5.41, 5.74) is 3.60. The number of hydrogen-bond donors (Lipinski definition) is 0. The van der Waals surface area contributed by atoms with Gasteiger partial charge in [0, 0.05) is 34.2 Å². The molecule has 0 atom stereocenters. The first kappa shape index (κ1) is 21.5. The Kier molecular flexibility index (Phi) is 5.79. The van der Waals surface area contributed by atoms with Crippen LogP contribution >= 0.6 is 23.4 Å². The summed E-state index contributed by atoms with van der Waals surface area (Å²) in [6.45, 7) is 0.736. The molecule has 1 aliphatic heterocycles. The third-order valence-corrected chi connectivity index (χ3v) is 6.62. The fraction of sp³-hybridized carbons (Fsp3) is 0.0769. The molecule has 7 heteroatoms. The Balaban J connectivity index is 1.45. The minimum atomic E-state index is -0.319. The zero-order valence-corrected chi connectivity index (χ0v) is 18.9. The predicted molar refractivity (Wildman–Crippen MR) is 130 cm³/mol. The number of carbonyl (C=O) groups is 2. The largest absolute Gasteiger partial charge is 0.342 e. The van der Waals surface area contributed by atoms with E-state index in [-0.39, 0.29) is 23.5 Å². The second-order valence-corrected chi connectivity index (χ2v) is 9.18. The lowest BCUT2D eigenvalue weighted by molar-refractivity contribution is -0.123. The summed E-state index contributed by atoms with van der Waals surface area (Å²) in [7, 11) is 0. The van der Waals surface area contributed by atoms with Crippen LogP contribution in [0.25, 0.3) is 17.0 Å². The molecule has 4 nitrogen and oxygen atoms in total. The predicted octanol–water partition coefficient (Wildman–Crippen LogP) is 6.72. The van der Waals surface area contributed by atoms with Gasteiger partial charge in [-0.05, 0) is 59.3 Å². The summed E-state index contributed by atoms with van der Waals surface area (Å²) >= 11 is 6.97. The van der Waals surface area contributed by atoms with Crippen LogP contribution in [-0.2, 0) is 17.9 Å². The minimum Gasteiger partial charge on any atom is -0.342 e. The molecule has 0 radical (unpaired) electrons. The third-order valence-electron chi connectivity index (χ3n) is 5.48. The van der Waals surface area contributed by atoms with Crippen molar-refractivity contribution in [2.24, 2.45) is 0 Å². The lowest BCUT2D eigenvalue weighted by Gasteiger charge is -2.12. The lowest BCUT2D eigenvalue weighted by Crippen LogP contribution is -2.27. The van der Waals surface area contributed by atoms with E-state index in [1.807, 2.05) is 36.5 Å². The van der Waals surface area contributed by atoms with Crippen molar-refractivity contribution >= 4 is 51.5 Å². The monoisotopic (exact) mass is 476 g/mol. The maximum Gasteiger partial charge on any atom is 0.293 e. The Bertz CT molecular complexity index is 1410. The first-order valence-corrected chi connectivity index (χ1v) is 11.5. The van der Waals surface area contributed by atoms with Crippen LogP contribution in [0.3, 0.4) is 0 Å². The number of nitrogens with zero attached hydrogens (tertiary/aromatic N) is 2. The zero-order chi connectivity index (χ0) is 22.9. The molecule has 164 valence electrons. The van der Waals surface area contributed by atoms with Gasteiger partial charge in [-0.2, -0.15) is 0 Å². The second kappa shape index (κ2) is 8.89. The van der Waals surface area contributed by atoms with E-state index in [0.717, 1.165) is 39.4 Å². The molecule has 1 fully saturated rings. The van der Waals surface area contributed by atoms with Crippen LogP contribution in [-0.4, -0.2) is 20.6 Å².